The quantitative estimate of drug-likeness (QED) is 0.783. The van der Waals surface area contributed by atoms with Gasteiger partial charge in [0.2, 0.25) is 0 Å². The highest BCUT2D eigenvalue weighted by atomic mass is 32.1. The first-order valence-corrected chi connectivity index (χ1v) is 8.95. The minimum Gasteiger partial charge on any atom is -0.337 e. The SMILES string of the molecule is Cn1ccnc1C1CNCCN1Cc1ccc2c(c1)sc(=O)n2C. The molecule has 0 spiro atoms. The topological polar surface area (TPSA) is 55.1 Å². The Morgan fingerprint density at radius 3 is 3.04 bits per heavy atom. The number of aromatic nitrogens is 3. The second kappa shape index (κ2) is 6.16. The molecule has 1 atom stereocenters. The highest BCUT2D eigenvalue weighted by Crippen LogP contribution is 2.25. The van der Waals surface area contributed by atoms with Crippen molar-refractivity contribution < 1.29 is 0 Å². The molecule has 1 aliphatic rings. The molecular weight excluding hydrogens is 322 g/mol. The number of piperazine rings is 1. The molecule has 3 heterocycles. The predicted molar refractivity (Wildman–Crippen MR) is 96.3 cm³/mol. The Balaban J connectivity index is 1.63. The van der Waals surface area contributed by atoms with E-state index >= 15 is 0 Å². The molecule has 1 N–H and O–H groups in total. The van der Waals surface area contributed by atoms with Gasteiger partial charge in [0.05, 0.1) is 16.3 Å². The van der Waals surface area contributed by atoms with Crippen molar-refractivity contribution in [2.24, 2.45) is 14.1 Å². The lowest BCUT2D eigenvalue weighted by Crippen LogP contribution is -2.46. The van der Waals surface area contributed by atoms with Gasteiger partial charge in [-0.05, 0) is 17.7 Å². The Kier molecular flexibility index (Phi) is 3.99. The van der Waals surface area contributed by atoms with Crippen LogP contribution in [0.2, 0.25) is 0 Å². The van der Waals surface area contributed by atoms with Gasteiger partial charge in [-0.25, -0.2) is 4.98 Å². The number of nitrogens with one attached hydrogen (secondary N) is 1. The molecule has 7 heteroatoms. The number of rotatable bonds is 3. The highest BCUT2D eigenvalue weighted by Gasteiger charge is 2.26. The van der Waals surface area contributed by atoms with Gasteiger partial charge in [-0.2, -0.15) is 0 Å². The smallest absolute Gasteiger partial charge is 0.307 e. The van der Waals surface area contributed by atoms with Gasteiger partial charge in [0.15, 0.2) is 0 Å². The van der Waals surface area contributed by atoms with Crippen molar-refractivity contribution in [1.82, 2.24) is 24.3 Å². The maximum Gasteiger partial charge on any atom is 0.307 e. The normalized spacial score (nSPS) is 19.2. The van der Waals surface area contributed by atoms with E-state index in [9.17, 15) is 4.79 Å². The van der Waals surface area contributed by atoms with Crippen molar-refractivity contribution in [2.45, 2.75) is 12.6 Å². The van der Waals surface area contributed by atoms with Crippen LogP contribution in [0.4, 0.5) is 0 Å². The first-order valence-electron chi connectivity index (χ1n) is 8.14. The summed E-state index contributed by atoms with van der Waals surface area (Å²) in [6, 6.07) is 6.61. The van der Waals surface area contributed by atoms with Crippen LogP contribution in [0.1, 0.15) is 17.4 Å². The Hall–Kier alpha value is -1.96. The predicted octanol–water partition coefficient (Wildman–Crippen LogP) is 1.48. The summed E-state index contributed by atoms with van der Waals surface area (Å²) in [5.41, 5.74) is 2.25. The average molecular weight is 343 g/mol. The summed E-state index contributed by atoms with van der Waals surface area (Å²) in [5.74, 6) is 1.09. The van der Waals surface area contributed by atoms with Gasteiger partial charge < -0.3 is 14.5 Å². The molecule has 1 unspecified atom stereocenters. The molecule has 3 aromatic rings. The third-order valence-corrected chi connectivity index (χ3v) is 5.75. The van der Waals surface area contributed by atoms with Crippen LogP contribution in [0.3, 0.4) is 0 Å². The Bertz CT molecular complexity index is 925. The third-order valence-electron chi connectivity index (χ3n) is 4.75. The number of thiazole rings is 1. The number of aryl methyl sites for hydroxylation is 2. The first kappa shape index (κ1) is 15.6. The fraction of sp³-hybridized carbons (Fsp3) is 0.412. The maximum absolute atomic E-state index is 11.8. The summed E-state index contributed by atoms with van der Waals surface area (Å²) in [5, 5.41) is 3.47. The van der Waals surface area contributed by atoms with Gasteiger partial charge in [-0.15, -0.1) is 0 Å². The third kappa shape index (κ3) is 2.68. The molecule has 24 heavy (non-hydrogen) atoms. The number of nitrogens with zero attached hydrogens (tertiary/aromatic N) is 4. The van der Waals surface area contributed by atoms with Crippen molar-refractivity contribution in [3.05, 3.63) is 51.6 Å². The lowest BCUT2D eigenvalue weighted by Gasteiger charge is -2.35. The van der Waals surface area contributed by atoms with E-state index in [2.05, 4.69) is 38.0 Å². The van der Waals surface area contributed by atoms with E-state index in [1.807, 2.05) is 26.5 Å². The van der Waals surface area contributed by atoms with Crippen LogP contribution in [0.25, 0.3) is 10.2 Å². The van der Waals surface area contributed by atoms with E-state index in [0.717, 1.165) is 42.2 Å². The molecule has 0 bridgehead atoms. The molecule has 1 aliphatic heterocycles. The zero-order chi connectivity index (χ0) is 16.7. The largest absolute Gasteiger partial charge is 0.337 e. The van der Waals surface area contributed by atoms with Crippen molar-refractivity contribution >= 4 is 21.6 Å². The molecule has 0 radical (unpaired) electrons. The van der Waals surface area contributed by atoms with Gasteiger partial charge in [0.25, 0.3) is 0 Å². The summed E-state index contributed by atoms with van der Waals surface area (Å²) in [7, 11) is 3.87. The minimum absolute atomic E-state index is 0.0928. The van der Waals surface area contributed by atoms with Gasteiger partial charge >= 0.3 is 4.87 Å². The molecule has 1 fully saturated rings. The maximum atomic E-state index is 11.8. The van der Waals surface area contributed by atoms with Gasteiger partial charge in [-0.1, -0.05) is 17.4 Å². The van der Waals surface area contributed by atoms with E-state index in [-0.39, 0.29) is 10.9 Å². The van der Waals surface area contributed by atoms with Crippen LogP contribution >= 0.6 is 11.3 Å². The standard InChI is InChI=1S/C17H21N5OS/c1-20-7-6-19-16(20)14-10-18-5-8-22(14)11-12-3-4-13-15(9-12)24-17(23)21(13)2/h3-4,6-7,9,14,18H,5,8,10-11H2,1-2H3. The van der Waals surface area contributed by atoms with E-state index in [4.69, 9.17) is 0 Å². The van der Waals surface area contributed by atoms with Crippen LogP contribution in [0.5, 0.6) is 0 Å². The zero-order valence-electron chi connectivity index (χ0n) is 13.9. The molecule has 4 rings (SSSR count). The average Bonchev–Trinajstić information content (AvgIpc) is 3.12. The molecule has 0 aliphatic carbocycles. The summed E-state index contributed by atoms with van der Waals surface area (Å²) < 4.78 is 4.87. The number of hydrogen-bond acceptors (Lipinski definition) is 5. The molecule has 1 saturated heterocycles. The molecule has 1 aromatic carbocycles. The van der Waals surface area contributed by atoms with Crippen molar-refractivity contribution in [1.29, 1.82) is 0 Å². The molecule has 0 amide bonds. The first-order chi connectivity index (χ1) is 11.6. The molecule has 0 saturated carbocycles. The van der Waals surface area contributed by atoms with E-state index in [1.54, 1.807) is 4.57 Å². The van der Waals surface area contributed by atoms with E-state index in [0.29, 0.717) is 0 Å². The second-order valence-electron chi connectivity index (χ2n) is 6.32. The van der Waals surface area contributed by atoms with Crippen LogP contribution in [-0.4, -0.2) is 38.7 Å². The number of benzene rings is 1. The summed E-state index contributed by atoms with van der Waals surface area (Å²) in [6.45, 7) is 3.75. The number of fused-ring (bicyclic) bond motifs is 1. The highest BCUT2D eigenvalue weighted by molar-refractivity contribution is 7.16. The van der Waals surface area contributed by atoms with Crippen LogP contribution in [-0.2, 0) is 20.6 Å². The summed E-state index contributed by atoms with van der Waals surface area (Å²) in [6.07, 6.45) is 3.85. The lowest BCUT2D eigenvalue weighted by molar-refractivity contribution is 0.145. The van der Waals surface area contributed by atoms with Gasteiger partial charge in [0, 0.05) is 52.7 Å². The Labute approximate surface area is 144 Å². The molecule has 126 valence electrons. The van der Waals surface area contributed by atoms with Crippen molar-refractivity contribution in [2.75, 3.05) is 19.6 Å². The second-order valence-corrected chi connectivity index (χ2v) is 7.31. The van der Waals surface area contributed by atoms with E-state index < -0.39 is 0 Å². The number of hydrogen-bond donors (Lipinski definition) is 1. The zero-order valence-corrected chi connectivity index (χ0v) is 14.7. The summed E-state index contributed by atoms with van der Waals surface area (Å²) in [4.78, 5) is 18.9. The van der Waals surface area contributed by atoms with Gasteiger partial charge in [0.1, 0.15) is 5.82 Å². The molecule has 2 aromatic heterocycles. The fourth-order valence-electron chi connectivity index (χ4n) is 3.40. The van der Waals surface area contributed by atoms with Crippen LogP contribution in [0.15, 0.2) is 35.4 Å². The lowest BCUT2D eigenvalue weighted by atomic mass is 10.1. The minimum atomic E-state index is 0.0928. The van der Waals surface area contributed by atoms with Crippen LogP contribution < -0.4 is 10.2 Å². The Morgan fingerprint density at radius 2 is 2.25 bits per heavy atom. The van der Waals surface area contributed by atoms with Crippen molar-refractivity contribution in [3.8, 4) is 0 Å². The van der Waals surface area contributed by atoms with Gasteiger partial charge in [-0.3, -0.25) is 9.69 Å². The molecule has 6 nitrogen and oxygen atoms in total. The van der Waals surface area contributed by atoms with Crippen molar-refractivity contribution in [3.63, 3.8) is 0 Å². The van der Waals surface area contributed by atoms with E-state index in [1.165, 1.54) is 16.9 Å². The Morgan fingerprint density at radius 1 is 1.38 bits per heavy atom. The van der Waals surface area contributed by atoms with Crippen LogP contribution in [0, 0.1) is 0 Å². The molecular formula is C17H21N5OS. The number of imidazole rings is 1. The summed E-state index contributed by atoms with van der Waals surface area (Å²) >= 11 is 1.32. The fourth-order valence-corrected chi connectivity index (χ4v) is 4.34. The monoisotopic (exact) mass is 343 g/mol.